The molecule has 3 nitrogen and oxygen atoms in total. The van der Waals surface area contributed by atoms with Crippen LogP contribution in [0.2, 0.25) is 5.02 Å². The molecule has 1 aromatic heterocycles. The Morgan fingerprint density at radius 2 is 2.14 bits per heavy atom. The van der Waals surface area contributed by atoms with Crippen LogP contribution in [-0.2, 0) is 0 Å². The van der Waals surface area contributed by atoms with Crippen molar-refractivity contribution in [2.24, 2.45) is 0 Å². The molecule has 1 aliphatic heterocycles. The van der Waals surface area contributed by atoms with Crippen molar-refractivity contribution >= 4 is 17.4 Å². The minimum atomic E-state index is 0.499. The van der Waals surface area contributed by atoms with Gasteiger partial charge in [-0.1, -0.05) is 11.6 Å². The van der Waals surface area contributed by atoms with E-state index in [2.05, 4.69) is 15.6 Å². The van der Waals surface area contributed by atoms with Crippen LogP contribution in [0.3, 0.4) is 0 Å². The Labute approximate surface area is 88.9 Å². The third-order valence-electron chi connectivity index (χ3n) is 2.35. The number of rotatable bonds is 2. The number of aromatic nitrogens is 1. The lowest BCUT2D eigenvalue weighted by Crippen LogP contribution is -2.32. The average molecular weight is 211 g/mol. The maximum absolute atomic E-state index is 5.86. The molecule has 75 valence electrons. The summed E-state index contributed by atoms with van der Waals surface area (Å²) in [6.45, 7) is 1.91. The molecule has 0 amide bonds. The number of anilines is 1. The number of nitrogens with zero attached hydrogens (tertiary/aromatic N) is 2. The molecule has 2 rings (SSSR count). The number of hydrogen-bond acceptors (Lipinski definition) is 2. The van der Waals surface area contributed by atoms with Crippen LogP contribution >= 0.6 is 11.6 Å². The Balaban J connectivity index is 1.95. The van der Waals surface area contributed by atoms with Gasteiger partial charge in [0.15, 0.2) is 0 Å². The maximum atomic E-state index is 5.86. The molecule has 1 N–H and O–H groups in total. The van der Waals surface area contributed by atoms with Gasteiger partial charge in [-0.2, -0.15) is 0 Å². The van der Waals surface area contributed by atoms with E-state index in [0.717, 1.165) is 36.8 Å². The highest BCUT2D eigenvalue weighted by Gasteiger charge is 2.13. The first-order valence-corrected chi connectivity index (χ1v) is 5.24. The quantitative estimate of drug-likeness (QED) is 0.810. The van der Waals surface area contributed by atoms with Crippen LogP contribution in [0.5, 0.6) is 0 Å². The predicted molar refractivity (Wildman–Crippen MR) is 57.8 cm³/mol. The minimum Gasteiger partial charge on any atom is -0.367 e. The molecule has 4 heteroatoms. The van der Waals surface area contributed by atoms with Crippen molar-refractivity contribution in [2.75, 3.05) is 18.4 Å². The van der Waals surface area contributed by atoms with E-state index >= 15 is 0 Å². The lowest BCUT2D eigenvalue weighted by Gasteiger charge is -2.23. The Bertz CT molecular complexity index is 297. The van der Waals surface area contributed by atoms with Crippen molar-refractivity contribution in [1.82, 2.24) is 10.3 Å². The molecule has 1 saturated heterocycles. The van der Waals surface area contributed by atoms with Crippen LogP contribution in [0, 0.1) is 0 Å². The standard InChI is InChI=1S/C10H13ClN3/c11-8-1-6-13-10(7-8)14-9-2-4-12-5-3-9/h1,6-7,9H,2-5H2,(H,13,14). The fourth-order valence-electron chi connectivity index (χ4n) is 1.59. The second-order valence-corrected chi connectivity index (χ2v) is 3.89. The molecule has 2 heterocycles. The van der Waals surface area contributed by atoms with Crippen LogP contribution in [0.15, 0.2) is 18.3 Å². The fraction of sp³-hybridized carbons (Fsp3) is 0.500. The van der Waals surface area contributed by atoms with Crippen LogP contribution in [-0.4, -0.2) is 24.1 Å². The van der Waals surface area contributed by atoms with E-state index in [1.807, 2.05) is 6.07 Å². The molecule has 0 aromatic carbocycles. The van der Waals surface area contributed by atoms with Gasteiger partial charge in [0.25, 0.3) is 0 Å². The molecule has 1 aliphatic rings. The van der Waals surface area contributed by atoms with Gasteiger partial charge in [0, 0.05) is 30.4 Å². The van der Waals surface area contributed by atoms with Crippen LogP contribution in [0.4, 0.5) is 5.82 Å². The monoisotopic (exact) mass is 210 g/mol. The minimum absolute atomic E-state index is 0.499. The average Bonchev–Trinajstić information content (AvgIpc) is 2.19. The van der Waals surface area contributed by atoms with E-state index < -0.39 is 0 Å². The third kappa shape index (κ3) is 2.59. The summed E-state index contributed by atoms with van der Waals surface area (Å²) < 4.78 is 0. The summed E-state index contributed by atoms with van der Waals surface area (Å²) in [5.74, 6) is 0.865. The molecule has 0 atom stereocenters. The lowest BCUT2D eigenvalue weighted by atomic mass is 10.1. The van der Waals surface area contributed by atoms with E-state index in [-0.39, 0.29) is 0 Å². The third-order valence-corrected chi connectivity index (χ3v) is 2.58. The highest BCUT2D eigenvalue weighted by Crippen LogP contribution is 2.15. The van der Waals surface area contributed by atoms with Crippen LogP contribution < -0.4 is 10.6 Å². The van der Waals surface area contributed by atoms with Gasteiger partial charge in [-0.15, -0.1) is 0 Å². The van der Waals surface area contributed by atoms with Gasteiger partial charge in [-0.05, 0) is 25.0 Å². The van der Waals surface area contributed by atoms with Gasteiger partial charge in [0.2, 0.25) is 0 Å². The Kier molecular flexibility index (Phi) is 3.22. The first-order chi connectivity index (χ1) is 6.84. The van der Waals surface area contributed by atoms with Gasteiger partial charge < -0.3 is 5.32 Å². The summed E-state index contributed by atoms with van der Waals surface area (Å²) in [6, 6.07) is 4.13. The summed E-state index contributed by atoms with van der Waals surface area (Å²) in [4.78, 5) is 4.21. The highest BCUT2D eigenvalue weighted by atomic mass is 35.5. The lowest BCUT2D eigenvalue weighted by molar-refractivity contribution is 0.471. The Morgan fingerprint density at radius 1 is 1.36 bits per heavy atom. The van der Waals surface area contributed by atoms with Crippen LogP contribution in [0.1, 0.15) is 12.8 Å². The second kappa shape index (κ2) is 4.62. The Morgan fingerprint density at radius 3 is 2.86 bits per heavy atom. The molecule has 0 saturated carbocycles. The van der Waals surface area contributed by atoms with Gasteiger partial charge in [0.05, 0.1) is 0 Å². The first kappa shape index (κ1) is 9.74. The predicted octanol–water partition coefficient (Wildman–Crippen LogP) is 1.91. The smallest absolute Gasteiger partial charge is 0.127 e. The molecular weight excluding hydrogens is 198 g/mol. The van der Waals surface area contributed by atoms with Gasteiger partial charge in [0.1, 0.15) is 5.82 Å². The number of halogens is 1. The van der Waals surface area contributed by atoms with E-state index in [0.29, 0.717) is 6.04 Å². The molecule has 1 radical (unpaired) electrons. The molecule has 0 aliphatic carbocycles. The van der Waals surface area contributed by atoms with E-state index in [1.54, 1.807) is 12.3 Å². The summed E-state index contributed by atoms with van der Waals surface area (Å²) in [5.41, 5.74) is 0. The summed E-state index contributed by atoms with van der Waals surface area (Å²) in [7, 11) is 0. The van der Waals surface area contributed by atoms with Crippen molar-refractivity contribution in [3.8, 4) is 0 Å². The topological polar surface area (TPSA) is 39.0 Å². The van der Waals surface area contributed by atoms with Crippen LogP contribution in [0.25, 0.3) is 0 Å². The van der Waals surface area contributed by atoms with Crippen molar-refractivity contribution in [1.29, 1.82) is 0 Å². The maximum Gasteiger partial charge on any atom is 0.127 e. The Hall–Kier alpha value is -0.800. The zero-order valence-corrected chi connectivity index (χ0v) is 8.67. The summed E-state index contributed by atoms with van der Waals surface area (Å²) >= 11 is 5.86. The molecule has 0 unspecified atom stereocenters. The SMILES string of the molecule is Clc1ccnc(NC2CC[N]CC2)c1. The van der Waals surface area contributed by atoms with Crippen molar-refractivity contribution < 1.29 is 0 Å². The largest absolute Gasteiger partial charge is 0.367 e. The zero-order valence-electron chi connectivity index (χ0n) is 7.91. The molecule has 0 bridgehead atoms. The molecule has 14 heavy (non-hydrogen) atoms. The normalized spacial score (nSPS) is 18.1. The van der Waals surface area contributed by atoms with Gasteiger partial charge in [-0.25, -0.2) is 10.3 Å². The highest BCUT2D eigenvalue weighted by molar-refractivity contribution is 6.30. The first-order valence-electron chi connectivity index (χ1n) is 4.86. The molecular formula is C10H13ClN3. The van der Waals surface area contributed by atoms with Gasteiger partial charge >= 0.3 is 0 Å². The van der Waals surface area contributed by atoms with Crippen molar-refractivity contribution in [3.63, 3.8) is 0 Å². The molecule has 1 fully saturated rings. The van der Waals surface area contributed by atoms with E-state index in [4.69, 9.17) is 11.6 Å². The van der Waals surface area contributed by atoms with Crippen molar-refractivity contribution in [2.45, 2.75) is 18.9 Å². The van der Waals surface area contributed by atoms with Gasteiger partial charge in [-0.3, -0.25) is 0 Å². The van der Waals surface area contributed by atoms with E-state index in [1.165, 1.54) is 0 Å². The number of pyridine rings is 1. The van der Waals surface area contributed by atoms with Crippen molar-refractivity contribution in [3.05, 3.63) is 23.4 Å². The van der Waals surface area contributed by atoms with E-state index in [9.17, 15) is 0 Å². The number of hydrogen-bond donors (Lipinski definition) is 1. The molecule has 0 spiro atoms. The number of nitrogens with one attached hydrogen (secondary N) is 1. The zero-order chi connectivity index (χ0) is 9.80. The number of piperidine rings is 1. The fourth-order valence-corrected chi connectivity index (χ4v) is 1.75. The second-order valence-electron chi connectivity index (χ2n) is 3.45. The molecule has 1 aromatic rings. The summed E-state index contributed by atoms with van der Waals surface area (Å²) in [6.07, 6.45) is 3.90. The summed E-state index contributed by atoms with van der Waals surface area (Å²) in [5, 5.41) is 8.39.